The van der Waals surface area contributed by atoms with E-state index in [0.717, 1.165) is 4.70 Å². The second kappa shape index (κ2) is 9.43. The highest BCUT2D eigenvalue weighted by molar-refractivity contribution is 7.22. The maximum absolute atomic E-state index is 13.5. The van der Waals surface area contributed by atoms with Crippen molar-refractivity contribution in [3.05, 3.63) is 89.2 Å². The van der Waals surface area contributed by atoms with Crippen LogP contribution in [-0.2, 0) is 9.59 Å². The molecule has 1 unspecified atom stereocenters. The number of thiazole rings is 1. The summed E-state index contributed by atoms with van der Waals surface area (Å²) in [5.74, 6) is -1.39. The number of hydrogen-bond acceptors (Lipinski definition) is 7. The largest absolute Gasteiger partial charge is 0.507 e. The quantitative estimate of drug-likeness (QED) is 0.213. The molecule has 7 nitrogen and oxygen atoms in total. The van der Waals surface area contributed by atoms with Gasteiger partial charge in [0.05, 0.1) is 35.5 Å². The molecule has 182 valence electrons. The lowest BCUT2D eigenvalue weighted by molar-refractivity contribution is -0.132. The molecule has 0 bridgehead atoms. The van der Waals surface area contributed by atoms with Gasteiger partial charge in [-0.2, -0.15) is 0 Å². The minimum atomic E-state index is -0.975. The molecule has 36 heavy (non-hydrogen) atoms. The van der Waals surface area contributed by atoms with Gasteiger partial charge in [0.15, 0.2) is 5.13 Å². The Kier molecular flexibility index (Phi) is 6.15. The number of hydrogen-bond donors (Lipinski definition) is 1. The van der Waals surface area contributed by atoms with E-state index >= 15 is 0 Å². The molecule has 1 saturated heterocycles. The Bertz CT molecular complexity index is 1510. The number of aromatic nitrogens is 1. The van der Waals surface area contributed by atoms with Gasteiger partial charge in [0.2, 0.25) is 0 Å². The van der Waals surface area contributed by atoms with Crippen LogP contribution in [0.2, 0.25) is 0 Å². The minimum absolute atomic E-state index is 0.117. The minimum Gasteiger partial charge on any atom is -0.507 e. The van der Waals surface area contributed by atoms with Crippen LogP contribution in [0.25, 0.3) is 16.0 Å². The van der Waals surface area contributed by atoms with Crippen molar-refractivity contribution in [2.75, 3.05) is 18.6 Å². The first kappa shape index (κ1) is 23.5. The highest BCUT2D eigenvalue weighted by Crippen LogP contribution is 2.45. The van der Waals surface area contributed by atoms with Crippen LogP contribution >= 0.6 is 11.3 Å². The molecule has 1 atom stereocenters. The maximum atomic E-state index is 13.5. The Morgan fingerprint density at radius 2 is 1.86 bits per heavy atom. The predicted molar refractivity (Wildman–Crippen MR) is 135 cm³/mol. The lowest BCUT2D eigenvalue weighted by Gasteiger charge is -2.23. The van der Waals surface area contributed by atoms with E-state index in [4.69, 9.17) is 9.47 Å². The third-order valence-electron chi connectivity index (χ3n) is 5.84. The van der Waals surface area contributed by atoms with E-state index in [1.807, 2.05) is 13.0 Å². The van der Waals surface area contributed by atoms with Gasteiger partial charge < -0.3 is 14.6 Å². The lowest BCUT2D eigenvalue weighted by atomic mass is 9.95. The number of carbonyl (C=O) groups excluding carboxylic acids is 2. The third kappa shape index (κ3) is 4.07. The van der Waals surface area contributed by atoms with Crippen LogP contribution in [0.3, 0.4) is 0 Å². The van der Waals surface area contributed by atoms with Gasteiger partial charge in [0.25, 0.3) is 5.78 Å². The molecule has 9 heteroatoms. The van der Waals surface area contributed by atoms with Gasteiger partial charge in [-0.3, -0.25) is 14.5 Å². The van der Waals surface area contributed by atoms with Gasteiger partial charge in [-0.1, -0.05) is 23.5 Å². The summed E-state index contributed by atoms with van der Waals surface area (Å²) in [6.45, 7) is 2.39. The van der Waals surface area contributed by atoms with Crippen molar-refractivity contribution < 1.29 is 28.6 Å². The number of fused-ring (bicyclic) bond motifs is 1. The van der Waals surface area contributed by atoms with E-state index in [9.17, 15) is 19.1 Å². The van der Waals surface area contributed by atoms with E-state index in [2.05, 4.69) is 4.98 Å². The Hall–Kier alpha value is -4.24. The van der Waals surface area contributed by atoms with Gasteiger partial charge in [-0.15, -0.1) is 0 Å². The fourth-order valence-corrected chi connectivity index (χ4v) is 5.19. The van der Waals surface area contributed by atoms with Crippen molar-refractivity contribution in [3.8, 4) is 11.5 Å². The number of benzene rings is 3. The van der Waals surface area contributed by atoms with Gasteiger partial charge in [0, 0.05) is 5.56 Å². The first-order chi connectivity index (χ1) is 17.4. The Labute approximate surface area is 210 Å². The first-order valence-corrected chi connectivity index (χ1v) is 12.0. The van der Waals surface area contributed by atoms with Gasteiger partial charge in [0.1, 0.15) is 23.1 Å². The van der Waals surface area contributed by atoms with Crippen LogP contribution in [0, 0.1) is 5.82 Å². The molecule has 2 heterocycles. The van der Waals surface area contributed by atoms with Crippen molar-refractivity contribution in [2.24, 2.45) is 0 Å². The standard InChI is InChI=1S/C27H21FN2O5S/c1-3-35-19-11-12-20-21(14-19)36-27(29-20)30-23(16-5-4-6-18(13-16)34-2)22(25(32)26(30)33)24(31)15-7-9-17(28)10-8-15/h4-14,23,31H,3H2,1-2H3. The number of carbonyl (C=O) groups is 2. The number of nitrogens with zero attached hydrogens (tertiary/aromatic N) is 2. The topological polar surface area (TPSA) is 89.0 Å². The molecule has 5 rings (SSSR count). The smallest absolute Gasteiger partial charge is 0.301 e. The van der Waals surface area contributed by atoms with Crippen LogP contribution < -0.4 is 14.4 Å². The van der Waals surface area contributed by atoms with Crippen molar-refractivity contribution in [1.29, 1.82) is 0 Å². The average molecular weight is 505 g/mol. The average Bonchev–Trinajstić information content (AvgIpc) is 3.42. The molecule has 0 radical (unpaired) electrons. The van der Waals surface area contributed by atoms with E-state index < -0.39 is 29.3 Å². The van der Waals surface area contributed by atoms with E-state index in [-0.39, 0.29) is 11.1 Å². The van der Waals surface area contributed by atoms with Crippen molar-refractivity contribution in [3.63, 3.8) is 0 Å². The molecule has 1 aromatic heterocycles. The summed E-state index contributed by atoms with van der Waals surface area (Å²) in [5, 5.41) is 11.4. The molecule has 0 saturated carbocycles. The monoisotopic (exact) mass is 504 g/mol. The summed E-state index contributed by atoms with van der Waals surface area (Å²) in [5.41, 5.74) is 1.29. The summed E-state index contributed by atoms with van der Waals surface area (Å²) in [4.78, 5) is 32.6. The number of methoxy groups -OCH3 is 1. The maximum Gasteiger partial charge on any atom is 0.301 e. The number of ether oxygens (including phenoxy) is 2. The summed E-state index contributed by atoms with van der Waals surface area (Å²) in [7, 11) is 1.51. The van der Waals surface area contributed by atoms with Gasteiger partial charge >= 0.3 is 5.91 Å². The molecule has 3 aromatic carbocycles. The fourth-order valence-electron chi connectivity index (χ4n) is 4.17. The number of aliphatic hydroxyl groups excluding tert-OH is 1. The van der Waals surface area contributed by atoms with Crippen molar-refractivity contribution in [2.45, 2.75) is 13.0 Å². The number of amides is 1. The molecule has 1 N–H and O–H groups in total. The first-order valence-electron chi connectivity index (χ1n) is 11.2. The zero-order chi connectivity index (χ0) is 25.4. The highest BCUT2D eigenvalue weighted by atomic mass is 32.1. The summed E-state index contributed by atoms with van der Waals surface area (Å²) >= 11 is 1.24. The van der Waals surface area contributed by atoms with Crippen LogP contribution in [0.5, 0.6) is 11.5 Å². The second-order valence-electron chi connectivity index (χ2n) is 8.01. The molecule has 1 amide bonds. The van der Waals surface area contributed by atoms with E-state index in [1.54, 1.807) is 36.4 Å². The zero-order valence-electron chi connectivity index (χ0n) is 19.4. The predicted octanol–water partition coefficient (Wildman–Crippen LogP) is 5.47. The number of halogens is 1. The molecule has 1 fully saturated rings. The number of rotatable bonds is 6. The van der Waals surface area contributed by atoms with Gasteiger partial charge in [-0.05, 0) is 67.1 Å². The van der Waals surface area contributed by atoms with Crippen LogP contribution in [-0.4, -0.2) is 35.5 Å². The third-order valence-corrected chi connectivity index (χ3v) is 6.85. The molecular formula is C27H21FN2O5S. The molecule has 1 aliphatic heterocycles. The van der Waals surface area contributed by atoms with Gasteiger partial charge in [-0.25, -0.2) is 9.37 Å². The van der Waals surface area contributed by atoms with Crippen LogP contribution in [0.4, 0.5) is 9.52 Å². The van der Waals surface area contributed by atoms with Crippen molar-refractivity contribution >= 4 is 44.1 Å². The molecule has 1 aliphatic rings. The normalized spacial score (nSPS) is 17.1. The SMILES string of the molecule is CCOc1ccc2nc(N3C(=O)C(=O)C(=C(O)c4ccc(F)cc4)C3c3cccc(OC)c3)sc2c1. The number of aliphatic hydroxyl groups is 1. The Morgan fingerprint density at radius 1 is 1.08 bits per heavy atom. The fraction of sp³-hybridized carbons (Fsp3) is 0.148. The summed E-state index contributed by atoms with van der Waals surface area (Å²) < 4.78 is 25.2. The summed E-state index contributed by atoms with van der Waals surface area (Å²) in [6.07, 6.45) is 0. The van der Waals surface area contributed by atoms with E-state index in [0.29, 0.717) is 34.3 Å². The number of ketones is 1. The zero-order valence-corrected chi connectivity index (χ0v) is 20.2. The van der Waals surface area contributed by atoms with Crippen LogP contribution in [0.15, 0.2) is 72.3 Å². The second-order valence-corrected chi connectivity index (χ2v) is 9.02. The summed E-state index contributed by atoms with van der Waals surface area (Å²) in [6, 6.07) is 16.4. The lowest BCUT2D eigenvalue weighted by Crippen LogP contribution is -2.29. The number of anilines is 1. The molecule has 0 aliphatic carbocycles. The van der Waals surface area contributed by atoms with Crippen LogP contribution in [0.1, 0.15) is 24.1 Å². The van der Waals surface area contributed by atoms with Crippen molar-refractivity contribution in [1.82, 2.24) is 4.98 Å². The Balaban J connectivity index is 1.70. The highest BCUT2D eigenvalue weighted by Gasteiger charge is 2.48. The molecule has 4 aromatic rings. The Morgan fingerprint density at radius 3 is 2.58 bits per heavy atom. The molecule has 0 spiro atoms. The van der Waals surface area contributed by atoms with E-state index in [1.165, 1.54) is 47.6 Å². The molecular weight excluding hydrogens is 483 g/mol. The number of Topliss-reactive ketones (excluding diaryl/α,β-unsaturated/α-hetero) is 1.